The highest BCUT2D eigenvalue weighted by Gasteiger charge is 2.29. The highest BCUT2D eigenvalue weighted by atomic mass is 32.2. The molecule has 2 rings (SSSR count). The molecule has 0 heterocycles. The number of nitrogens with one attached hydrogen (secondary N) is 3. The van der Waals surface area contributed by atoms with Gasteiger partial charge in [0.2, 0.25) is 11.8 Å². The summed E-state index contributed by atoms with van der Waals surface area (Å²) < 4.78 is 10.1. The molecule has 37 heavy (non-hydrogen) atoms. The second-order valence-corrected chi connectivity index (χ2v) is 9.54. The minimum atomic E-state index is -0.931. The summed E-state index contributed by atoms with van der Waals surface area (Å²) in [7, 11) is 0. The number of rotatable bonds is 14. The number of esters is 1. The lowest BCUT2D eigenvalue weighted by atomic mass is 10.0. The van der Waals surface area contributed by atoms with Crippen LogP contribution in [0.25, 0.3) is 0 Å². The first-order valence-corrected chi connectivity index (χ1v) is 13.3. The van der Waals surface area contributed by atoms with Crippen LogP contribution in [-0.4, -0.2) is 54.9 Å². The molecule has 0 radical (unpaired) electrons. The van der Waals surface area contributed by atoms with E-state index in [9.17, 15) is 19.2 Å². The van der Waals surface area contributed by atoms with E-state index in [-0.39, 0.29) is 31.4 Å². The zero-order valence-electron chi connectivity index (χ0n) is 21.4. The van der Waals surface area contributed by atoms with Crippen molar-refractivity contribution in [3.63, 3.8) is 0 Å². The minimum Gasteiger partial charge on any atom is -0.465 e. The molecule has 0 unspecified atom stereocenters. The number of amides is 3. The summed E-state index contributed by atoms with van der Waals surface area (Å²) >= 11 is 1.47. The zero-order chi connectivity index (χ0) is 27.0. The first-order chi connectivity index (χ1) is 17.8. The van der Waals surface area contributed by atoms with E-state index < -0.39 is 36.0 Å². The molecule has 0 aliphatic heterocycles. The first-order valence-electron chi connectivity index (χ1n) is 12.1. The van der Waals surface area contributed by atoms with Crippen LogP contribution in [0.15, 0.2) is 60.7 Å². The number of carbonyl (C=O) groups excluding carboxylic acids is 4. The Morgan fingerprint density at radius 2 is 1.46 bits per heavy atom. The molecule has 0 saturated heterocycles. The third kappa shape index (κ3) is 11.4. The van der Waals surface area contributed by atoms with Gasteiger partial charge in [-0.3, -0.25) is 14.4 Å². The average Bonchev–Trinajstić information content (AvgIpc) is 2.89. The molecule has 0 spiro atoms. The smallest absolute Gasteiger partial charge is 0.408 e. The molecule has 2 aromatic carbocycles. The number of alkyl carbamates (subject to hydrolysis) is 1. The Bertz CT molecular complexity index is 1000. The van der Waals surface area contributed by atoms with Crippen molar-refractivity contribution in [1.29, 1.82) is 0 Å². The standard InChI is InChI=1S/C27H35N3O6S/c1-4-35-23(31)15-28-25(32)22(18-37-17-21-13-9-6-10-14-21)29-26(33)24(19(2)3)30-27(34)36-16-20-11-7-5-8-12-20/h5-14,19,22,24H,4,15-18H2,1-3H3,(H,28,32)(H,29,33)(H,30,34)/t22-,24+/m0/s1. The third-order valence-corrected chi connectivity index (χ3v) is 6.28. The molecule has 2 aromatic rings. The summed E-state index contributed by atoms with van der Waals surface area (Å²) in [6.07, 6.45) is -0.737. The number of ether oxygens (including phenoxy) is 2. The molecule has 9 nitrogen and oxygen atoms in total. The number of hydrogen-bond acceptors (Lipinski definition) is 7. The number of thioether (sulfide) groups is 1. The quantitative estimate of drug-likeness (QED) is 0.322. The minimum absolute atomic E-state index is 0.0636. The Kier molecular flexibility index (Phi) is 13.1. The maximum Gasteiger partial charge on any atom is 0.408 e. The molecule has 0 aromatic heterocycles. The van der Waals surface area contributed by atoms with Crippen LogP contribution in [0.3, 0.4) is 0 Å². The molecule has 10 heteroatoms. The van der Waals surface area contributed by atoms with Gasteiger partial charge in [0.05, 0.1) is 6.61 Å². The SMILES string of the molecule is CCOC(=O)CNC(=O)[C@H](CSCc1ccccc1)NC(=O)[C@H](NC(=O)OCc1ccccc1)C(C)C. The Labute approximate surface area is 222 Å². The van der Waals surface area contributed by atoms with E-state index in [1.165, 1.54) is 11.8 Å². The van der Waals surface area contributed by atoms with Crippen molar-refractivity contribution in [2.45, 2.75) is 45.2 Å². The van der Waals surface area contributed by atoms with Crippen LogP contribution in [0, 0.1) is 5.92 Å². The van der Waals surface area contributed by atoms with Crippen LogP contribution in [-0.2, 0) is 36.2 Å². The fraction of sp³-hybridized carbons (Fsp3) is 0.407. The Morgan fingerprint density at radius 3 is 2.05 bits per heavy atom. The van der Waals surface area contributed by atoms with Crippen molar-refractivity contribution < 1.29 is 28.7 Å². The molecular weight excluding hydrogens is 494 g/mol. The lowest BCUT2D eigenvalue weighted by Gasteiger charge is -2.25. The highest BCUT2D eigenvalue weighted by molar-refractivity contribution is 7.98. The van der Waals surface area contributed by atoms with Crippen molar-refractivity contribution >= 4 is 35.6 Å². The van der Waals surface area contributed by atoms with Gasteiger partial charge in [-0.25, -0.2) is 4.79 Å². The first kappa shape index (κ1) is 29.7. The largest absolute Gasteiger partial charge is 0.465 e. The van der Waals surface area contributed by atoms with Crippen molar-refractivity contribution in [1.82, 2.24) is 16.0 Å². The van der Waals surface area contributed by atoms with Crippen LogP contribution in [0.2, 0.25) is 0 Å². The third-order valence-electron chi connectivity index (χ3n) is 5.18. The van der Waals surface area contributed by atoms with E-state index in [0.717, 1.165) is 11.1 Å². The predicted octanol–water partition coefficient (Wildman–Crippen LogP) is 3.03. The van der Waals surface area contributed by atoms with Crippen LogP contribution < -0.4 is 16.0 Å². The predicted molar refractivity (Wildman–Crippen MR) is 143 cm³/mol. The lowest BCUT2D eigenvalue weighted by molar-refractivity contribution is -0.143. The van der Waals surface area contributed by atoms with Crippen LogP contribution in [0.1, 0.15) is 31.9 Å². The summed E-state index contributed by atoms with van der Waals surface area (Å²) in [5, 5.41) is 7.83. The van der Waals surface area contributed by atoms with Gasteiger partial charge in [0.1, 0.15) is 25.2 Å². The van der Waals surface area contributed by atoms with E-state index >= 15 is 0 Å². The van der Waals surface area contributed by atoms with Crippen molar-refractivity contribution in [2.24, 2.45) is 5.92 Å². The van der Waals surface area contributed by atoms with E-state index in [1.54, 1.807) is 20.8 Å². The summed E-state index contributed by atoms with van der Waals surface area (Å²) in [6.45, 7) is 5.19. The molecule has 0 saturated carbocycles. The number of carbonyl (C=O) groups is 4. The lowest BCUT2D eigenvalue weighted by Crippen LogP contribution is -2.56. The van der Waals surface area contributed by atoms with E-state index in [1.807, 2.05) is 60.7 Å². The summed E-state index contributed by atoms with van der Waals surface area (Å²) in [6, 6.07) is 17.1. The Balaban J connectivity index is 2.00. The number of hydrogen-bond donors (Lipinski definition) is 3. The average molecular weight is 530 g/mol. The molecule has 3 N–H and O–H groups in total. The summed E-state index contributed by atoms with van der Waals surface area (Å²) in [5.74, 6) is -0.987. The molecule has 0 bridgehead atoms. The van der Waals surface area contributed by atoms with E-state index in [2.05, 4.69) is 16.0 Å². The molecule has 2 atom stereocenters. The molecule has 0 aliphatic carbocycles. The van der Waals surface area contributed by atoms with Gasteiger partial charge in [0, 0.05) is 11.5 Å². The van der Waals surface area contributed by atoms with Gasteiger partial charge >= 0.3 is 12.1 Å². The van der Waals surface area contributed by atoms with Crippen molar-refractivity contribution in [3.8, 4) is 0 Å². The van der Waals surface area contributed by atoms with Crippen LogP contribution in [0.5, 0.6) is 0 Å². The van der Waals surface area contributed by atoms with Crippen LogP contribution >= 0.6 is 11.8 Å². The van der Waals surface area contributed by atoms with Gasteiger partial charge in [-0.1, -0.05) is 74.5 Å². The fourth-order valence-electron chi connectivity index (χ4n) is 3.23. The van der Waals surface area contributed by atoms with E-state index in [0.29, 0.717) is 5.75 Å². The normalized spacial score (nSPS) is 12.2. The highest BCUT2D eigenvalue weighted by Crippen LogP contribution is 2.14. The Hall–Kier alpha value is -3.53. The molecule has 200 valence electrons. The molecule has 3 amide bonds. The maximum absolute atomic E-state index is 13.1. The van der Waals surface area contributed by atoms with Gasteiger partial charge < -0.3 is 25.4 Å². The number of benzene rings is 2. The van der Waals surface area contributed by atoms with Crippen molar-refractivity contribution in [3.05, 3.63) is 71.8 Å². The van der Waals surface area contributed by atoms with E-state index in [4.69, 9.17) is 9.47 Å². The Morgan fingerprint density at radius 1 is 0.838 bits per heavy atom. The monoisotopic (exact) mass is 529 g/mol. The second kappa shape index (κ2) is 16.3. The second-order valence-electron chi connectivity index (χ2n) is 8.51. The van der Waals surface area contributed by atoms with Gasteiger partial charge in [-0.2, -0.15) is 11.8 Å². The van der Waals surface area contributed by atoms with Gasteiger partial charge in [-0.15, -0.1) is 0 Å². The van der Waals surface area contributed by atoms with Crippen molar-refractivity contribution in [2.75, 3.05) is 18.9 Å². The summed E-state index contributed by atoms with van der Waals surface area (Å²) in [4.78, 5) is 50.0. The zero-order valence-corrected chi connectivity index (χ0v) is 22.2. The topological polar surface area (TPSA) is 123 Å². The van der Waals surface area contributed by atoms with Gasteiger partial charge in [0.15, 0.2) is 0 Å². The maximum atomic E-state index is 13.1. The van der Waals surface area contributed by atoms with Crippen LogP contribution in [0.4, 0.5) is 4.79 Å². The van der Waals surface area contributed by atoms with Gasteiger partial charge in [0.25, 0.3) is 0 Å². The van der Waals surface area contributed by atoms with Gasteiger partial charge in [-0.05, 0) is 24.0 Å². The molecule has 0 aliphatic rings. The molecular formula is C27H35N3O6S. The summed E-state index contributed by atoms with van der Waals surface area (Å²) in [5.41, 5.74) is 1.89. The fourth-order valence-corrected chi connectivity index (χ4v) is 4.25. The molecule has 0 fully saturated rings.